The number of carbonyl (C=O) groups excluding carboxylic acids is 2. The highest BCUT2D eigenvalue weighted by Crippen LogP contribution is 2.31. The molecule has 186 valence electrons. The summed E-state index contributed by atoms with van der Waals surface area (Å²) in [6.07, 6.45) is 1.95. The van der Waals surface area contributed by atoms with Crippen LogP contribution in [0.5, 0.6) is 0 Å². The second kappa shape index (κ2) is 10.3. The van der Waals surface area contributed by atoms with Crippen LogP contribution >= 0.6 is 11.6 Å². The molecule has 2 amide bonds. The third kappa shape index (κ3) is 5.16. The molecule has 4 rings (SSSR count). The lowest BCUT2D eigenvalue weighted by Gasteiger charge is -2.13. The topological polar surface area (TPSA) is 127 Å². The number of carbonyl (C=O) groups is 2. The van der Waals surface area contributed by atoms with Gasteiger partial charge in [-0.05, 0) is 55.5 Å². The fourth-order valence-corrected chi connectivity index (χ4v) is 4.30. The Hall–Kier alpha value is -3.98. The normalized spacial score (nSPS) is 14.0. The molecule has 36 heavy (non-hydrogen) atoms. The molecule has 0 fully saturated rings. The Morgan fingerprint density at radius 3 is 2.50 bits per heavy atom. The quantitative estimate of drug-likeness (QED) is 0.312. The highest BCUT2D eigenvalue weighted by molar-refractivity contribution is 6.32. The van der Waals surface area contributed by atoms with Gasteiger partial charge in [-0.15, -0.1) is 0 Å². The summed E-state index contributed by atoms with van der Waals surface area (Å²) in [7, 11) is 0. The van der Waals surface area contributed by atoms with Crippen molar-refractivity contribution in [3.05, 3.63) is 91.4 Å². The molecule has 0 saturated heterocycles. The maximum absolute atomic E-state index is 13.0. The molecule has 0 spiro atoms. The average Bonchev–Trinajstić information content (AvgIpc) is 3.20. The summed E-state index contributed by atoms with van der Waals surface area (Å²) in [6, 6.07) is 11.4. The minimum Gasteiger partial charge on any atom is -0.455 e. The Morgan fingerprint density at radius 1 is 1.11 bits per heavy atom. The minimum atomic E-state index is -0.654. The highest BCUT2D eigenvalue weighted by Gasteiger charge is 2.28. The molecule has 1 aliphatic carbocycles. The Bertz CT molecular complexity index is 1380. The van der Waals surface area contributed by atoms with Crippen molar-refractivity contribution in [3.63, 3.8) is 0 Å². The van der Waals surface area contributed by atoms with E-state index in [0.29, 0.717) is 47.0 Å². The molecule has 0 unspecified atom stereocenters. The summed E-state index contributed by atoms with van der Waals surface area (Å²) >= 11 is 5.82. The van der Waals surface area contributed by atoms with Gasteiger partial charge in [-0.25, -0.2) is 5.43 Å². The van der Waals surface area contributed by atoms with Crippen molar-refractivity contribution in [2.24, 2.45) is 5.10 Å². The van der Waals surface area contributed by atoms with Crippen LogP contribution in [0, 0.1) is 17.0 Å². The number of aryl methyl sites for hydroxylation is 1. The van der Waals surface area contributed by atoms with E-state index in [1.54, 1.807) is 6.92 Å². The Kier molecular flexibility index (Phi) is 7.21. The van der Waals surface area contributed by atoms with Gasteiger partial charge in [0.1, 0.15) is 10.8 Å². The van der Waals surface area contributed by atoms with Crippen LogP contribution < -0.4 is 10.7 Å². The molecule has 0 atom stereocenters. The fourth-order valence-electron chi connectivity index (χ4n) is 4.11. The van der Waals surface area contributed by atoms with E-state index in [1.807, 2.05) is 24.3 Å². The van der Waals surface area contributed by atoms with E-state index in [1.165, 1.54) is 17.7 Å². The van der Waals surface area contributed by atoms with Gasteiger partial charge in [-0.2, -0.15) is 5.10 Å². The number of rotatable bonds is 6. The Balaban J connectivity index is 1.54. The number of furan rings is 1. The Labute approximate surface area is 212 Å². The molecule has 0 bridgehead atoms. The molecule has 1 aromatic heterocycles. The van der Waals surface area contributed by atoms with Gasteiger partial charge in [0.05, 0.1) is 10.6 Å². The number of hydrogen-bond acceptors (Lipinski definition) is 6. The van der Waals surface area contributed by atoms with Gasteiger partial charge in [-0.1, -0.05) is 37.6 Å². The van der Waals surface area contributed by atoms with Crippen LogP contribution in [0.2, 0.25) is 5.02 Å². The number of halogens is 1. The summed E-state index contributed by atoms with van der Waals surface area (Å²) in [4.78, 5) is 36.0. The number of nitro benzene ring substituents is 1. The molecule has 1 aliphatic rings. The predicted molar refractivity (Wildman–Crippen MR) is 137 cm³/mol. The standard InChI is InChI=1S/C26H25ClN4O5/c1-14(2)16-7-10-18(11-8-16)28-26(33)24-15(3)23-20(5-4-6-22(23)36-24)29-30-25(32)17-9-12-19(27)21(13-17)31(34)35/h7-14H,4-6H2,1-3H3,(H,28,33)(H,30,32)/b29-20+. The SMILES string of the molecule is Cc1c(C(=O)Nc2ccc(C(C)C)cc2)oc2c1/C(=N/NC(=O)c1ccc(Cl)c([N+](=O)[O-])c1)CCC2. The van der Waals surface area contributed by atoms with E-state index in [2.05, 4.69) is 29.7 Å². The van der Waals surface area contributed by atoms with E-state index in [4.69, 9.17) is 16.0 Å². The second-order valence-electron chi connectivity index (χ2n) is 8.86. The minimum absolute atomic E-state index is 0.0546. The number of amides is 2. The molecule has 0 radical (unpaired) electrons. The number of hydrazone groups is 1. The van der Waals surface area contributed by atoms with E-state index in [0.717, 1.165) is 12.5 Å². The maximum Gasteiger partial charge on any atom is 0.291 e. The second-order valence-corrected chi connectivity index (χ2v) is 9.27. The molecule has 1 heterocycles. The van der Waals surface area contributed by atoms with E-state index in [-0.39, 0.29) is 27.9 Å². The monoisotopic (exact) mass is 508 g/mol. The van der Waals surface area contributed by atoms with Crippen LogP contribution in [-0.4, -0.2) is 22.4 Å². The molecule has 2 N–H and O–H groups in total. The first-order valence-electron chi connectivity index (χ1n) is 11.5. The summed E-state index contributed by atoms with van der Waals surface area (Å²) in [5, 5.41) is 18.2. The zero-order valence-electron chi connectivity index (χ0n) is 20.1. The van der Waals surface area contributed by atoms with Crippen LogP contribution in [0.3, 0.4) is 0 Å². The number of nitro groups is 1. The van der Waals surface area contributed by atoms with Gasteiger partial charge in [-0.3, -0.25) is 19.7 Å². The first-order chi connectivity index (χ1) is 17.2. The molecule has 10 heteroatoms. The zero-order valence-corrected chi connectivity index (χ0v) is 20.8. The summed E-state index contributed by atoms with van der Waals surface area (Å²) in [6.45, 7) is 5.99. The van der Waals surface area contributed by atoms with Crippen molar-refractivity contribution in [2.45, 2.75) is 46.0 Å². The van der Waals surface area contributed by atoms with Gasteiger partial charge in [0.25, 0.3) is 17.5 Å². The summed E-state index contributed by atoms with van der Waals surface area (Å²) in [5.41, 5.74) is 5.90. The molecule has 9 nitrogen and oxygen atoms in total. The summed E-state index contributed by atoms with van der Waals surface area (Å²) in [5.74, 6) is 0.243. The van der Waals surface area contributed by atoms with Crippen LogP contribution in [0.1, 0.15) is 76.0 Å². The zero-order chi connectivity index (χ0) is 26.0. The van der Waals surface area contributed by atoms with Crippen molar-refractivity contribution in [1.29, 1.82) is 0 Å². The number of fused-ring (bicyclic) bond motifs is 1. The smallest absolute Gasteiger partial charge is 0.291 e. The summed E-state index contributed by atoms with van der Waals surface area (Å²) < 4.78 is 5.91. The van der Waals surface area contributed by atoms with Crippen LogP contribution in [-0.2, 0) is 6.42 Å². The van der Waals surface area contributed by atoms with E-state index >= 15 is 0 Å². The van der Waals surface area contributed by atoms with Gasteiger partial charge in [0, 0.05) is 34.9 Å². The highest BCUT2D eigenvalue weighted by atomic mass is 35.5. The van der Waals surface area contributed by atoms with Gasteiger partial charge in [0.2, 0.25) is 0 Å². The molecular weight excluding hydrogens is 484 g/mol. The Morgan fingerprint density at radius 2 is 1.83 bits per heavy atom. The average molecular weight is 509 g/mol. The number of nitrogens with one attached hydrogen (secondary N) is 2. The molecule has 3 aromatic rings. The van der Waals surface area contributed by atoms with Crippen LogP contribution in [0.15, 0.2) is 52.0 Å². The van der Waals surface area contributed by atoms with Crippen molar-refractivity contribution in [3.8, 4) is 0 Å². The number of hydrogen-bond donors (Lipinski definition) is 2. The third-order valence-electron chi connectivity index (χ3n) is 6.06. The predicted octanol–water partition coefficient (Wildman–Crippen LogP) is 6.00. The van der Waals surface area contributed by atoms with Crippen LogP contribution in [0.25, 0.3) is 0 Å². The van der Waals surface area contributed by atoms with E-state index in [9.17, 15) is 19.7 Å². The van der Waals surface area contributed by atoms with Crippen molar-refractivity contribution in [2.75, 3.05) is 5.32 Å². The van der Waals surface area contributed by atoms with Crippen molar-refractivity contribution < 1.29 is 18.9 Å². The third-order valence-corrected chi connectivity index (χ3v) is 6.38. The molecule has 0 saturated carbocycles. The van der Waals surface area contributed by atoms with Gasteiger partial charge in [0.15, 0.2) is 5.76 Å². The molecule has 2 aromatic carbocycles. The van der Waals surface area contributed by atoms with Crippen molar-refractivity contribution in [1.82, 2.24) is 5.43 Å². The van der Waals surface area contributed by atoms with Gasteiger partial charge >= 0.3 is 0 Å². The lowest BCUT2D eigenvalue weighted by atomic mass is 9.93. The lowest BCUT2D eigenvalue weighted by molar-refractivity contribution is -0.384. The largest absolute Gasteiger partial charge is 0.455 e. The molecular formula is C26H25ClN4O5. The number of benzene rings is 2. The maximum atomic E-state index is 13.0. The fraction of sp³-hybridized carbons (Fsp3) is 0.269. The van der Waals surface area contributed by atoms with E-state index < -0.39 is 10.8 Å². The van der Waals surface area contributed by atoms with Gasteiger partial charge < -0.3 is 9.73 Å². The first kappa shape index (κ1) is 25.1. The lowest BCUT2D eigenvalue weighted by Crippen LogP contribution is -2.22. The first-order valence-corrected chi connectivity index (χ1v) is 11.9. The van der Waals surface area contributed by atoms with Crippen LogP contribution in [0.4, 0.5) is 11.4 Å². The van der Waals surface area contributed by atoms with Crippen molar-refractivity contribution >= 4 is 40.5 Å². The number of nitrogens with zero attached hydrogens (tertiary/aromatic N) is 2. The number of anilines is 1. The molecule has 0 aliphatic heterocycles.